The van der Waals surface area contributed by atoms with E-state index < -0.39 is 0 Å². The molecule has 2 heterocycles. The molecule has 3 N–H and O–H groups in total. The van der Waals surface area contributed by atoms with Gasteiger partial charge in [0.05, 0.1) is 6.04 Å². The maximum absolute atomic E-state index is 12.2. The molecule has 1 fully saturated rings. The largest absolute Gasteiger partial charge is 0.396 e. The molecule has 1 aliphatic rings. The second-order valence-electron chi connectivity index (χ2n) is 6.86. The zero-order chi connectivity index (χ0) is 16.0. The predicted molar refractivity (Wildman–Crippen MR) is 85.8 cm³/mol. The minimum absolute atomic E-state index is 0.0196. The number of aliphatic hydroxyl groups excluding tert-OH is 1. The fraction of sp³-hybridized carbons (Fsp3) is 0.750. The highest BCUT2D eigenvalue weighted by atomic mass is 16.2. The summed E-state index contributed by atoms with van der Waals surface area (Å²) in [7, 11) is 0. The van der Waals surface area contributed by atoms with Crippen molar-refractivity contribution in [2.75, 3.05) is 26.2 Å². The molecule has 1 atom stereocenters. The van der Waals surface area contributed by atoms with E-state index in [2.05, 4.69) is 29.6 Å². The van der Waals surface area contributed by atoms with Crippen LogP contribution >= 0.6 is 0 Å². The molecule has 0 aromatic carbocycles. The first-order chi connectivity index (χ1) is 10.5. The van der Waals surface area contributed by atoms with Crippen LogP contribution < -0.4 is 10.6 Å². The third-order valence-corrected chi connectivity index (χ3v) is 4.23. The number of piperidine rings is 1. The lowest BCUT2D eigenvalue weighted by Gasteiger charge is -2.24. The first-order valence-corrected chi connectivity index (χ1v) is 8.17. The van der Waals surface area contributed by atoms with E-state index in [1.807, 2.05) is 10.9 Å². The van der Waals surface area contributed by atoms with Gasteiger partial charge in [-0.05, 0) is 43.7 Å². The molecule has 0 bridgehead atoms. The Labute approximate surface area is 132 Å². The van der Waals surface area contributed by atoms with E-state index >= 15 is 0 Å². The quantitative estimate of drug-likeness (QED) is 0.710. The van der Waals surface area contributed by atoms with Gasteiger partial charge in [-0.3, -0.25) is 9.48 Å². The van der Waals surface area contributed by atoms with Crippen LogP contribution in [0.2, 0.25) is 0 Å². The molecular formula is C16H28N4O2. The van der Waals surface area contributed by atoms with Gasteiger partial charge < -0.3 is 15.7 Å². The van der Waals surface area contributed by atoms with E-state index in [4.69, 9.17) is 5.11 Å². The molecule has 0 saturated carbocycles. The van der Waals surface area contributed by atoms with E-state index in [0.29, 0.717) is 18.3 Å². The summed E-state index contributed by atoms with van der Waals surface area (Å²) in [6, 6.07) is 2.13. The molecule has 1 unspecified atom stereocenters. The lowest BCUT2D eigenvalue weighted by molar-refractivity contribution is 0.0926. The average molecular weight is 308 g/mol. The minimum atomic E-state index is -0.125. The Hall–Kier alpha value is -1.40. The molecule has 1 saturated heterocycles. The topological polar surface area (TPSA) is 79.2 Å². The summed E-state index contributed by atoms with van der Waals surface area (Å²) in [4.78, 5) is 12.2. The van der Waals surface area contributed by atoms with Crippen LogP contribution in [-0.4, -0.2) is 47.0 Å². The monoisotopic (exact) mass is 308 g/mol. The molecule has 1 aromatic heterocycles. The predicted octanol–water partition coefficient (Wildman–Crippen LogP) is 1.34. The Kier molecular flexibility index (Phi) is 5.97. The van der Waals surface area contributed by atoms with Gasteiger partial charge in [0.15, 0.2) is 0 Å². The van der Waals surface area contributed by atoms with Gasteiger partial charge >= 0.3 is 0 Å². The Morgan fingerprint density at radius 2 is 2.41 bits per heavy atom. The second-order valence-corrected chi connectivity index (χ2v) is 6.86. The van der Waals surface area contributed by atoms with Crippen molar-refractivity contribution in [2.24, 2.45) is 5.41 Å². The molecule has 22 heavy (non-hydrogen) atoms. The fourth-order valence-electron chi connectivity index (χ4n) is 2.78. The molecule has 0 radical (unpaired) electrons. The Morgan fingerprint density at radius 3 is 3.09 bits per heavy atom. The molecule has 1 amide bonds. The molecule has 2 rings (SSSR count). The van der Waals surface area contributed by atoms with Gasteiger partial charge in [-0.25, -0.2) is 0 Å². The summed E-state index contributed by atoms with van der Waals surface area (Å²) in [5, 5.41) is 19.6. The zero-order valence-electron chi connectivity index (χ0n) is 13.6. The second kappa shape index (κ2) is 7.74. The molecule has 1 aliphatic heterocycles. The first kappa shape index (κ1) is 17.0. The maximum atomic E-state index is 12.2. The third-order valence-electron chi connectivity index (χ3n) is 4.23. The number of hydrogen-bond acceptors (Lipinski definition) is 4. The van der Waals surface area contributed by atoms with Crippen molar-refractivity contribution in [1.29, 1.82) is 0 Å². The molecule has 0 aliphatic carbocycles. The molecule has 0 spiro atoms. The van der Waals surface area contributed by atoms with Gasteiger partial charge in [0, 0.05) is 25.9 Å². The molecule has 1 aromatic rings. The number of carbonyl (C=O) groups is 1. The highest BCUT2D eigenvalue weighted by Crippen LogP contribution is 2.21. The number of aliphatic hydroxyl groups is 1. The number of aromatic nitrogens is 2. The normalized spacial score (nSPS) is 19.1. The molecule has 6 nitrogen and oxygen atoms in total. The van der Waals surface area contributed by atoms with E-state index in [9.17, 15) is 4.79 Å². The molecule has 6 heteroatoms. The summed E-state index contributed by atoms with van der Waals surface area (Å²) in [5.41, 5.74) is 0.456. The van der Waals surface area contributed by atoms with Gasteiger partial charge in [0.25, 0.3) is 5.91 Å². The lowest BCUT2D eigenvalue weighted by Crippen LogP contribution is -2.35. The summed E-state index contributed by atoms with van der Waals surface area (Å²) in [5.74, 6) is -0.125. The number of carbonyl (C=O) groups excluding carboxylic acids is 1. The highest BCUT2D eigenvalue weighted by Gasteiger charge is 2.21. The van der Waals surface area contributed by atoms with Crippen molar-refractivity contribution in [3.8, 4) is 0 Å². The fourth-order valence-corrected chi connectivity index (χ4v) is 2.78. The van der Waals surface area contributed by atoms with E-state index in [1.165, 1.54) is 0 Å². The SMILES string of the molecule is CC(C)(CCCO)CNC(=O)c1ccn(C2CCCNC2)n1. The van der Waals surface area contributed by atoms with Crippen LogP contribution in [0.1, 0.15) is 56.1 Å². The van der Waals surface area contributed by atoms with Crippen LogP contribution in [0.3, 0.4) is 0 Å². The number of hydrogen-bond donors (Lipinski definition) is 3. The smallest absolute Gasteiger partial charge is 0.271 e. The van der Waals surface area contributed by atoms with Crippen LogP contribution in [0.25, 0.3) is 0 Å². The van der Waals surface area contributed by atoms with Crippen molar-refractivity contribution in [1.82, 2.24) is 20.4 Å². The summed E-state index contributed by atoms with van der Waals surface area (Å²) in [6.07, 6.45) is 5.77. The van der Waals surface area contributed by atoms with Crippen molar-refractivity contribution in [2.45, 2.75) is 45.6 Å². The standard InChI is InChI=1S/C16H28N4O2/c1-16(2,7-4-10-21)12-18-15(22)14-6-9-20(19-14)13-5-3-8-17-11-13/h6,9,13,17,21H,3-5,7-8,10-12H2,1-2H3,(H,18,22). The van der Waals surface area contributed by atoms with Gasteiger partial charge in [0.2, 0.25) is 0 Å². The van der Waals surface area contributed by atoms with Crippen molar-refractivity contribution in [3.63, 3.8) is 0 Å². The van der Waals surface area contributed by atoms with Gasteiger partial charge in [-0.2, -0.15) is 5.10 Å². The summed E-state index contributed by atoms with van der Waals surface area (Å²) >= 11 is 0. The Morgan fingerprint density at radius 1 is 1.59 bits per heavy atom. The average Bonchev–Trinajstić information content (AvgIpc) is 3.02. The van der Waals surface area contributed by atoms with Crippen LogP contribution in [-0.2, 0) is 0 Å². The van der Waals surface area contributed by atoms with Gasteiger partial charge in [-0.15, -0.1) is 0 Å². The molecule has 124 valence electrons. The van der Waals surface area contributed by atoms with Gasteiger partial charge in [-0.1, -0.05) is 13.8 Å². The van der Waals surface area contributed by atoms with Crippen molar-refractivity contribution in [3.05, 3.63) is 18.0 Å². The minimum Gasteiger partial charge on any atom is -0.396 e. The van der Waals surface area contributed by atoms with Crippen LogP contribution in [0.15, 0.2) is 12.3 Å². The van der Waals surface area contributed by atoms with Crippen molar-refractivity contribution < 1.29 is 9.90 Å². The zero-order valence-corrected chi connectivity index (χ0v) is 13.6. The highest BCUT2D eigenvalue weighted by molar-refractivity contribution is 5.92. The third kappa shape index (κ3) is 4.81. The Bertz CT molecular complexity index is 478. The lowest BCUT2D eigenvalue weighted by atomic mass is 9.88. The summed E-state index contributed by atoms with van der Waals surface area (Å²) < 4.78 is 1.90. The van der Waals surface area contributed by atoms with Gasteiger partial charge in [0.1, 0.15) is 5.69 Å². The van der Waals surface area contributed by atoms with Crippen LogP contribution in [0.4, 0.5) is 0 Å². The van der Waals surface area contributed by atoms with E-state index in [0.717, 1.165) is 38.8 Å². The Balaban J connectivity index is 1.86. The maximum Gasteiger partial charge on any atom is 0.271 e. The number of nitrogens with zero attached hydrogens (tertiary/aromatic N) is 2. The number of nitrogens with one attached hydrogen (secondary N) is 2. The van der Waals surface area contributed by atoms with Crippen LogP contribution in [0, 0.1) is 5.41 Å². The molecular weight excluding hydrogens is 280 g/mol. The van der Waals surface area contributed by atoms with E-state index in [1.54, 1.807) is 6.07 Å². The summed E-state index contributed by atoms with van der Waals surface area (Å²) in [6.45, 7) is 6.94. The first-order valence-electron chi connectivity index (χ1n) is 8.17. The number of rotatable bonds is 7. The number of amides is 1. The van der Waals surface area contributed by atoms with E-state index in [-0.39, 0.29) is 17.9 Å². The van der Waals surface area contributed by atoms with Crippen LogP contribution in [0.5, 0.6) is 0 Å². The van der Waals surface area contributed by atoms with Crippen molar-refractivity contribution >= 4 is 5.91 Å².